The highest BCUT2D eigenvalue weighted by atomic mass is 35.5. The standard InChI is InChI=1S/C17H14ClN3O2S/c1-11-2-7-14(23-11)8-15-16(22)21-10-20(9-19-17(21)24-15)13-5-3-12(18)4-6-13/h2-8H,9-10H2,1H3/b15-8-. The third-order valence-electron chi connectivity index (χ3n) is 3.80. The maximum absolute atomic E-state index is 12.6. The van der Waals surface area contributed by atoms with Crippen LogP contribution in [-0.4, -0.2) is 11.2 Å². The van der Waals surface area contributed by atoms with Crippen molar-refractivity contribution in [2.75, 3.05) is 11.6 Å². The van der Waals surface area contributed by atoms with Gasteiger partial charge in [-0.15, -0.1) is 0 Å². The Balaban J connectivity index is 1.71. The summed E-state index contributed by atoms with van der Waals surface area (Å²) in [7, 11) is 0. The summed E-state index contributed by atoms with van der Waals surface area (Å²) in [4.78, 5) is 19.9. The van der Waals surface area contributed by atoms with Gasteiger partial charge < -0.3 is 9.32 Å². The molecule has 122 valence electrons. The van der Waals surface area contributed by atoms with Crippen LogP contribution < -0.4 is 19.8 Å². The van der Waals surface area contributed by atoms with Crippen molar-refractivity contribution in [1.29, 1.82) is 0 Å². The second kappa shape index (κ2) is 5.96. The van der Waals surface area contributed by atoms with Gasteiger partial charge in [0.2, 0.25) is 0 Å². The van der Waals surface area contributed by atoms with E-state index < -0.39 is 0 Å². The van der Waals surface area contributed by atoms with E-state index in [-0.39, 0.29) is 5.56 Å². The maximum Gasteiger partial charge on any atom is 0.271 e. The molecule has 0 unspecified atom stereocenters. The Morgan fingerprint density at radius 3 is 2.75 bits per heavy atom. The SMILES string of the molecule is Cc1ccc(/C=c2\sc3n(c2=O)CN(c2ccc(Cl)cc2)CN=3)o1. The van der Waals surface area contributed by atoms with Gasteiger partial charge in [-0.2, -0.15) is 0 Å². The van der Waals surface area contributed by atoms with Crippen LogP contribution in [0.25, 0.3) is 6.08 Å². The van der Waals surface area contributed by atoms with Gasteiger partial charge in [-0.1, -0.05) is 22.9 Å². The van der Waals surface area contributed by atoms with E-state index in [2.05, 4.69) is 4.99 Å². The number of aromatic nitrogens is 1. The lowest BCUT2D eigenvalue weighted by atomic mass is 10.3. The third-order valence-corrected chi connectivity index (χ3v) is 5.10. The molecule has 0 amide bonds. The molecule has 2 aromatic heterocycles. The lowest BCUT2D eigenvalue weighted by molar-refractivity contribution is 0.524. The normalized spacial score (nSPS) is 14.6. The highest BCUT2D eigenvalue weighted by molar-refractivity contribution is 7.07. The summed E-state index contributed by atoms with van der Waals surface area (Å²) in [5.41, 5.74) is 0.936. The number of anilines is 1. The zero-order valence-electron chi connectivity index (χ0n) is 12.9. The van der Waals surface area contributed by atoms with Crippen LogP contribution in [0, 0.1) is 6.92 Å². The first-order chi connectivity index (χ1) is 11.6. The van der Waals surface area contributed by atoms with Crippen LogP contribution in [0.2, 0.25) is 5.02 Å². The number of rotatable bonds is 2. The van der Waals surface area contributed by atoms with Gasteiger partial charge in [0.05, 0.1) is 4.53 Å². The van der Waals surface area contributed by atoms with Crippen LogP contribution in [0.1, 0.15) is 11.5 Å². The molecule has 3 heterocycles. The maximum atomic E-state index is 12.6. The summed E-state index contributed by atoms with van der Waals surface area (Å²) in [5.74, 6) is 1.50. The number of hydrogen-bond acceptors (Lipinski definition) is 5. The van der Waals surface area contributed by atoms with E-state index in [0.29, 0.717) is 28.7 Å². The summed E-state index contributed by atoms with van der Waals surface area (Å²) in [6, 6.07) is 11.3. The molecule has 1 aliphatic heterocycles. The number of benzene rings is 1. The Bertz CT molecular complexity index is 1060. The first-order valence-electron chi connectivity index (χ1n) is 7.43. The average molecular weight is 360 g/mol. The molecular formula is C17H14ClN3O2S. The largest absolute Gasteiger partial charge is 0.462 e. The molecule has 3 aromatic rings. The van der Waals surface area contributed by atoms with Crippen molar-refractivity contribution < 1.29 is 4.42 Å². The van der Waals surface area contributed by atoms with Crippen LogP contribution in [0.3, 0.4) is 0 Å². The lowest BCUT2D eigenvalue weighted by Gasteiger charge is -2.25. The van der Waals surface area contributed by atoms with Crippen LogP contribution in [0.15, 0.2) is 50.6 Å². The van der Waals surface area contributed by atoms with Crippen molar-refractivity contribution in [2.24, 2.45) is 4.99 Å². The zero-order chi connectivity index (χ0) is 16.7. The molecule has 1 aromatic carbocycles. The highest BCUT2D eigenvalue weighted by Gasteiger charge is 2.16. The van der Waals surface area contributed by atoms with E-state index in [1.807, 2.05) is 48.2 Å². The highest BCUT2D eigenvalue weighted by Crippen LogP contribution is 2.19. The molecule has 0 spiro atoms. The van der Waals surface area contributed by atoms with Crippen LogP contribution in [0.4, 0.5) is 5.69 Å². The smallest absolute Gasteiger partial charge is 0.271 e. The van der Waals surface area contributed by atoms with Gasteiger partial charge in [-0.3, -0.25) is 9.36 Å². The van der Waals surface area contributed by atoms with Gasteiger partial charge in [0.1, 0.15) is 24.9 Å². The Labute approximate surface area is 146 Å². The summed E-state index contributed by atoms with van der Waals surface area (Å²) < 4.78 is 7.84. The molecular weight excluding hydrogens is 346 g/mol. The molecule has 0 atom stereocenters. The molecule has 4 rings (SSSR count). The van der Waals surface area contributed by atoms with Crippen molar-refractivity contribution in [1.82, 2.24) is 4.57 Å². The number of furan rings is 1. The molecule has 0 radical (unpaired) electrons. The zero-order valence-corrected chi connectivity index (χ0v) is 14.5. The Morgan fingerprint density at radius 1 is 1.25 bits per heavy atom. The van der Waals surface area contributed by atoms with E-state index in [1.165, 1.54) is 11.3 Å². The quantitative estimate of drug-likeness (QED) is 0.705. The van der Waals surface area contributed by atoms with E-state index >= 15 is 0 Å². The van der Waals surface area contributed by atoms with E-state index in [9.17, 15) is 4.79 Å². The fraction of sp³-hybridized carbons (Fsp3) is 0.176. The Kier molecular flexibility index (Phi) is 3.78. The Hall–Kier alpha value is -2.31. The van der Waals surface area contributed by atoms with Gasteiger partial charge in [0.25, 0.3) is 5.56 Å². The minimum absolute atomic E-state index is 0.0496. The van der Waals surface area contributed by atoms with E-state index in [0.717, 1.165) is 16.2 Å². The number of halogens is 1. The van der Waals surface area contributed by atoms with Gasteiger partial charge >= 0.3 is 0 Å². The summed E-state index contributed by atoms with van der Waals surface area (Å²) >= 11 is 7.32. The summed E-state index contributed by atoms with van der Waals surface area (Å²) in [5, 5.41) is 0.687. The van der Waals surface area contributed by atoms with Crippen LogP contribution >= 0.6 is 22.9 Å². The van der Waals surface area contributed by atoms with Crippen molar-refractivity contribution in [2.45, 2.75) is 13.6 Å². The van der Waals surface area contributed by atoms with Crippen molar-refractivity contribution in [3.8, 4) is 0 Å². The molecule has 0 saturated carbocycles. The monoisotopic (exact) mass is 359 g/mol. The van der Waals surface area contributed by atoms with Gasteiger partial charge in [-0.25, -0.2) is 4.99 Å². The molecule has 1 aliphatic rings. The van der Waals surface area contributed by atoms with Crippen LogP contribution in [0.5, 0.6) is 0 Å². The second-order valence-corrected chi connectivity index (χ2v) is 6.98. The topological polar surface area (TPSA) is 50.7 Å². The molecule has 0 aliphatic carbocycles. The summed E-state index contributed by atoms with van der Waals surface area (Å²) in [6.45, 7) is 2.87. The molecule has 0 fully saturated rings. The van der Waals surface area contributed by atoms with E-state index in [4.69, 9.17) is 16.0 Å². The fourth-order valence-corrected chi connectivity index (χ4v) is 3.66. The predicted molar refractivity (Wildman–Crippen MR) is 95.2 cm³/mol. The van der Waals surface area contributed by atoms with Gasteiger partial charge in [-0.05, 0) is 43.3 Å². The van der Waals surface area contributed by atoms with Crippen LogP contribution in [-0.2, 0) is 6.67 Å². The number of hydrogen-bond donors (Lipinski definition) is 0. The summed E-state index contributed by atoms with van der Waals surface area (Å²) in [6.07, 6.45) is 1.77. The molecule has 0 N–H and O–H groups in total. The molecule has 7 heteroatoms. The average Bonchev–Trinajstić information content (AvgIpc) is 3.12. The minimum atomic E-state index is -0.0496. The van der Waals surface area contributed by atoms with Crippen molar-refractivity contribution in [3.63, 3.8) is 0 Å². The minimum Gasteiger partial charge on any atom is -0.462 e. The lowest BCUT2D eigenvalue weighted by Crippen LogP contribution is -2.42. The fourth-order valence-electron chi connectivity index (χ4n) is 2.59. The van der Waals surface area contributed by atoms with Crippen molar-refractivity contribution in [3.05, 3.63) is 72.6 Å². The predicted octanol–water partition coefficient (Wildman–Crippen LogP) is 2.35. The molecule has 0 saturated heterocycles. The van der Waals surface area contributed by atoms with Gasteiger partial charge in [0.15, 0.2) is 4.80 Å². The second-order valence-electron chi connectivity index (χ2n) is 5.53. The van der Waals surface area contributed by atoms with Crippen molar-refractivity contribution >= 4 is 34.7 Å². The third kappa shape index (κ3) is 2.79. The first-order valence-corrected chi connectivity index (χ1v) is 8.62. The number of thiazole rings is 1. The molecule has 0 bridgehead atoms. The first kappa shape index (κ1) is 15.2. The number of fused-ring (bicyclic) bond motifs is 1. The Morgan fingerprint density at radius 2 is 2.04 bits per heavy atom. The van der Waals surface area contributed by atoms with E-state index in [1.54, 1.807) is 10.6 Å². The van der Waals surface area contributed by atoms with Gasteiger partial charge in [0, 0.05) is 16.8 Å². The molecule has 24 heavy (non-hydrogen) atoms. The number of nitrogens with zero attached hydrogens (tertiary/aromatic N) is 3. The number of aryl methyl sites for hydroxylation is 1. The molecule has 5 nitrogen and oxygen atoms in total.